The van der Waals surface area contributed by atoms with E-state index in [1.165, 1.54) is 12.1 Å². The Bertz CT molecular complexity index is 1150. The Labute approximate surface area is 183 Å². The van der Waals surface area contributed by atoms with Gasteiger partial charge in [0.2, 0.25) is 5.91 Å². The maximum atomic E-state index is 13.3. The van der Waals surface area contributed by atoms with Crippen LogP contribution in [-0.2, 0) is 14.8 Å². The number of anilines is 2. The lowest BCUT2D eigenvalue weighted by Gasteiger charge is -2.24. The van der Waals surface area contributed by atoms with Crippen molar-refractivity contribution in [2.24, 2.45) is 0 Å². The first-order valence-corrected chi connectivity index (χ1v) is 11.4. The minimum Gasteiger partial charge on any atom is -0.491 e. The number of hydrogen-bond donors (Lipinski definition) is 1. The first kappa shape index (κ1) is 22.4. The number of aryl methyl sites for hydroxylation is 1. The van der Waals surface area contributed by atoms with Crippen molar-refractivity contribution >= 4 is 27.3 Å². The van der Waals surface area contributed by atoms with Crippen molar-refractivity contribution in [1.29, 1.82) is 0 Å². The molecule has 0 bridgehead atoms. The fourth-order valence-electron chi connectivity index (χ4n) is 3.07. The highest BCUT2D eigenvalue weighted by Gasteiger charge is 2.27. The summed E-state index contributed by atoms with van der Waals surface area (Å²) < 4.78 is 33.4. The Hall–Kier alpha value is -3.32. The molecular weight excluding hydrogens is 412 g/mol. The molecule has 0 spiro atoms. The van der Waals surface area contributed by atoms with E-state index in [0.29, 0.717) is 17.1 Å². The summed E-state index contributed by atoms with van der Waals surface area (Å²) in [6.07, 6.45) is -0.00113. The molecule has 6 nitrogen and oxygen atoms in total. The first-order chi connectivity index (χ1) is 14.8. The summed E-state index contributed by atoms with van der Waals surface area (Å²) in [5.41, 5.74) is 1.85. The molecule has 0 atom stereocenters. The minimum atomic E-state index is -3.93. The zero-order chi connectivity index (χ0) is 22.4. The molecular formula is C24H26N2O4S. The van der Waals surface area contributed by atoms with Crippen LogP contribution in [0.2, 0.25) is 0 Å². The molecule has 3 aromatic carbocycles. The number of nitrogens with zero attached hydrogens (tertiary/aromatic N) is 1. The van der Waals surface area contributed by atoms with E-state index >= 15 is 0 Å². The van der Waals surface area contributed by atoms with Crippen LogP contribution in [0.4, 0.5) is 11.4 Å². The smallest absolute Gasteiger partial charge is 0.264 e. The average molecular weight is 439 g/mol. The van der Waals surface area contributed by atoms with Crippen LogP contribution < -0.4 is 14.4 Å². The number of benzene rings is 3. The Balaban J connectivity index is 1.88. The Morgan fingerprint density at radius 1 is 0.968 bits per heavy atom. The first-order valence-electron chi connectivity index (χ1n) is 9.97. The minimum absolute atomic E-state index is 0.00113. The van der Waals surface area contributed by atoms with Crippen molar-refractivity contribution in [2.45, 2.75) is 31.8 Å². The van der Waals surface area contributed by atoms with Crippen LogP contribution in [-0.4, -0.2) is 27.0 Å². The summed E-state index contributed by atoms with van der Waals surface area (Å²) in [5, 5.41) is 2.77. The van der Waals surface area contributed by atoms with Crippen LogP contribution in [0, 0.1) is 6.92 Å². The maximum Gasteiger partial charge on any atom is 0.264 e. The topological polar surface area (TPSA) is 75.7 Å². The van der Waals surface area contributed by atoms with Crippen LogP contribution >= 0.6 is 0 Å². The van der Waals surface area contributed by atoms with E-state index in [-0.39, 0.29) is 17.5 Å². The number of amides is 1. The van der Waals surface area contributed by atoms with Crippen molar-refractivity contribution in [3.63, 3.8) is 0 Å². The van der Waals surface area contributed by atoms with Gasteiger partial charge < -0.3 is 10.1 Å². The van der Waals surface area contributed by atoms with E-state index < -0.39 is 15.9 Å². The molecule has 0 heterocycles. The zero-order valence-corrected chi connectivity index (χ0v) is 18.6. The normalized spacial score (nSPS) is 11.2. The summed E-state index contributed by atoms with van der Waals surface area (Å²) in [6, 6.07) is 22.2. The second kappa shape index (κ2) is 9.66. The molecule has 1 amide bonds. The molecule has 0 fully saturated rings. The number of nitrogens with one attached hydrogen (secondary N) is 1. The van der Waals surface area contributed by atoms with Gasteiger partial charge in [0, 0.05) is 11.8 Å². The van der Waals surface area contributed by atoms with Gasteiger partial charge in [-0.2, -0.15) is 0 Å². The van der Waals surface area contributed by atoms with Gasteiger partial charge in [0.05, 0.1) is 16.7 Å². The van der Waals surface area contributed by atoms with Crippen LogP contribution in [0.3, 0.4) is 0 Å². The number of ether oxygens (including phenoxy) is 1. The van der Waals surface area contributed by atoms with E-state index in [2.05, 4.69) is 5.32 Å². The molecule has 0 aliphatic rings. The quantitative estimate of drug-likeness (QED) is 0.557. The lowest BCUT2D eigenvalue weighted by atomic mass is 10.2. The molecule has 0 aliphatic carbocycles. The Kier molecular flexibility index (Phi) is 6.97. The fourth-order valence-corrected chi connectivity index (χ4v) is 4.50. The van der Waals surface area contributed by atoms with Crippen molar-refractivity contribution in [3.05, 3.63) is 84.4 Å². The van der Waals surface area contributed by atoms with Gasteiger partial charge in [-0.25, -0.2) is 8.42 Å². The third kappa shape index (κ3) is 5.86. The molecule has 1 N–H and O–H groups in total. The van der Waals surface area contributed by atoms with E-state index in [1.54, 1.807) is 60.7 Å². The van der Waals surface area contributed by atoms with E-state index in [1.807, 2.05) is 26.8 Å². The molecule has 0 saturated carbocycles. The monoisotopic (exact) mass is 438 g/mol. The fraction of sp³-hybridized carbons (Fsp3) is 0.208. The summed E-state index contributed by atoms with van der Waals surface area (Å²) >= 11 is 0. The van der Waals surface area contributed by atoms with Gasteiger partial charge in [-0.1, -0.05) is 36.4 Å². The molecule has 0 saturated heterocycles. The Morgan fingerprint density at radius 3 is 2.35 bits per heavy atom. The zero-order valence-electron chi connectivity index (χ0n) is 17.8. The molecule has 3 aromatic rings. The van der Waals surface area contributed by atoms with E-state index in [0.717, 1.165) is 9.87 Å². The van der Waals surface area contributed by atoms with Crippen LogP contribution in [0.25, 0.3) is 0 Å². The van der Waals surface area contributed by atoms with Crippen LogP contribution in [0.5, 0.6) is 5.75 Å². The Morgan fingerprint density at radius 2 is 1.68 bits per heavy atom. The number of carbonyl (C=O) groups is 1. The highest BCUT2D eigenvalue weighted by atomic mass is 32.2. The average Bonchev–Trinajstić information content (AvgIpc) is 2.72. The second-order valence-electron chi connectivity index (χ2n) is 7.41. The van der Waals surface area contributed by atoms with Gasteiger partial charge in [-0.15, -0.1) is 0 Å². The van der Waals surface area contributed by atoms with Gasteiger partial charge in [-0.3, -0.25) is 9.10 Å². The number of rotatable bonds is 8. The van der Waals surface area contributed by atoms with Crippen LogP contribution in [0.15, 0.2) is 83.8 Å². The highest BCUT2D eigenvalue weighted by molar-refractivity contribution is 7.92. The van der Waals surface area contributed by atoms with E-state index in [4.69, 9.17) is 4.74 Å². The van der Waals surface area contributed by atoms with Crippen molar-refractivity contribution < 1.29 is 17.9 Å². The molecule has 162 valence electrons. The summed E-state index contributed by atoms with van der Waals surface area (Å²) in [6.45, 7) is 5.34. The largest absolute Gasteiger partial charge is 0.491 e. The molecule has 0 aromatic heterocycles. The summed E-state index contributed by atoms with van der Waals surface area (Å²) in [5.74, 6) is 0.169. The third-order valence-corrected chi connectivity index (χ3v) is 6.19. The van der Waals surface area contributed by atoms with Gasteiger partial charge in [0.25, 0.3) is 10.0 Å². The SMILES string of the molecule is Cc1cccc(N(CC(=O)Nc2cccc(OC(C)C)c2)S(=O)(=O)c2ccccc2)c1. The standard InChI is InChI=1S/C24H26N2O4S/c1-18(2)30-22-12-8-10-20(16-22)25-24(27)17-26(21-11-7-9-19(3)15-21)31(28,29)23-13-5-4-6-14-23/h4-16,18H,17H2,1-3H3,(H,25,27). The molecule has 7 heteroatoms. The molecule has 3 rings (SSSR count). The lowest BCUT2D eigenvalue weighted by Crippen LogP contribution is -2.38. The number of sulfonamides is 1. The lowest BCUT2D eigenvalue weighted by molar-refractivity contribution is -0.114. The van der Waals surface area contributed by atoms with Gasteiger partial charge in [0.1, 0.15) is 12.3 Å². The van der Waals surface area contributed by atoms with Gasteiger partial charge in [-0.05, 0) is 62.7 Å². The third-order valence-electron chi connectivity index (χ3n) is 4.40. The molecule has 0 radical (unpaired) electrons. The van der Waals surface area contributed by atoms with Gasteiger partial charge >= 0.3 is 0 Å². The van der Waals surface area contributed by atoms with Gasteiger partial charge in [0.15, 0.2) is 0 Å². The highest BCUT2D eigenvalue weighted by Crippen LogP contribution is 2.25. The summed E-state index contributed by atoms with van der Waals surface area (Å²) in [4.78, 5) is 13.0. The van der Waals surface area contributed by atoms with E-state index in [9.17, 15) is 13.2 Å². The maximum absolute atomic E-state index is 13.3. The molecule has 0 unspecified atom stereocenters. The molecule has 31 heavy (non-hydrogen) atoms. The second-order valence-corrected chi connectivity index (χ2v) is 9.27. The van der Waals surface area contributed by atoms with Crippen molar-refractivity contribution in [1.82, 2.24) is 0 Å². The van der Waals surface area contributed by atoms with Crippen molar-refractivity contribution in [2.75, 3.05) is 16.2 Å². The number of carbonyl (C=O) groups excluding carboxylic acids is 1. The predicted molar refractivity (Wildman–Crippen MR) is 123 cm³/mol. The predicted octanol–water partition coefficient (Wildman–Crippen LogP) is 4.62. The summed E-state index contributed by atoms with van der Waals surface area (Å²) in [7, 11) is -3.93. The number of hydrogen-bond acceptors (Lipinski definition) is 4. The molecule has 0 aliphatic heterocycles. The van der Waals surface area contributed by atoms with Crippen LogP contribution in [0.1, 0.15) is 19.4 Å². The van der Waals surface area contributed by atoms with Crippen molar-refractivity contribution in [3.8, 4) is 5.75 Å².